The van der Waals surface area contributed by atoms with Crippen LogP contribution in [-0.4, -0.2) is 29.6 Å². The van der Waals surface area contributed by atoms with E-state index >= 15 is 0 Å². The van der Waals surface area contributed by atoms with Crippen molar-refractivity contribution in [3.63, 3.8) is 0 Å². The van der Waals surface area contributed by atoms with Gasteiger partial charge in [0.15, 0.2) is 0 Å². The summed E-state index contributed by atoms with van der Waals surface area (Å²) in [5, 5.41) is 11.6. The molecule has 0 rings (SSSR count). The first-order valence-electron chi connectivity index (χ1n) is 7.10. The number of carbonyl (C=O) groups excluding carboxylic acids is 1. The van der Waals surface area contributed by atoms with Crippen LogP contribution >= 0.6 is 0 Å². The molecule has 19 heavy (non-hydrogen) atoms. The fraction of sp³-hybridized carbons (Fsp3) is 0.857. The van der Waals surface area contributed by atoms with Gasteiger partial charge in [-0.05, 0) is 31.2 Å². The van der Waals surface area contributed by atoms with Crippen LogP contribution in [0.1, 0.15) is 52.9 Å². The number of carbonyl (C=O) groups is 2. The Bertz CT molecular complexity index is 280. The van der Waals surface area contributed by atoms with Crippen LogP contribution in [0.2, 0.25) is 0 Å². The van der Waals surface area contributed by atoms with E-state index in [0.29, 0.717) is 25.3 Å². The molecular weight excluding hydrogens is 244 g/mol. The molecule has 0 aromatic heterocycles. The van der Waals surface area contributed by atoms with Gasteiger partial charge < -0.3 is 16.2 Å². The lowest BCUT2D eigenvalue weighted by atomic mass is 9.93. The number of nitrogens with two attached hydrogens (primary N) is 1. The molecule has 0 bridgehead atoms. The molecule has 0 saturated carbocycles. The maximum Gasteiger partial charge on any atom is 0.305 e. The van der Waals surface area contributed by atoms with Gasteiger partial charge in [-0.25, -0.2) is 0 Å². The van der Waals surface area contributed by atoms with E-state index in [-0.39, 0.29) is 24.3 Å². The number of carboxylic acids is 1. The van der Waals surface area contributed by atoms with Crippen molar-refractivity contribution in [3.05, 3.63) is 0 Å². The van der Waals surface area contributed by atoms with Crippen molar-refractivity contribution in [3.8, 4) is 0 Å². The van der Waals surface area contributed by atoms with Crippen LogP contribution < -0.4 is 11.1 Å². The molecule has 0 heterocycles. The molecule has 0 aromatic rings. The zero-order valence-electron chi connectivity index (χ0n) is 12.3. The number of aliphatic carboxylic acids is 1. The topological polar surface area (TPSA) is 92.4 Å². The van der Waals surface area contributed by atoms with Crippen LogP contribution in [0.3, 0.4) is 0 Å². The van der Waals surface area contributed by atoms with Gasteiger partial charge in [0.25, 0.3) is 0 Å². The minimum absolute atomic E-state index is 0.0168. The average Bonchev–Trinajstić information content (AvgIpc) is 2.26. The van der Waals surface area contributed by atoms with E-state index < -0.39 is 5.97 Å². The Morgan fingerprint density at radius 1 is 1.26 bits per heavy atom. The second-order valence-electron chi connectivity index (χ2n) is 5.59. The van der Waals surface area contributed by atoms with Gasteiger partial charge in [-0.1, -0.05) is 27.2 Å². The van der Waals surface area contributed by atoms with Crippen molar-refractivity contribution < 1.29 is 14.7 Å². The predicted octanol–water partition coefficient (Wildman–Crippen LogP) is 1.76. The number of carboxylic acid groups (broad SMARTS) is 1. The highest BCUT2D eigenvalue weighted by Gasteiger charge is 2.18. The number of nitrogens with one attached hydrogen (secondary N) is 1. The third-order valence-corrected chi connectivity index (χ3v) is 3.04. The maximum atomic E-state index is 11.9. The van der Waals surface area contributed by atoms with Gasteiger partial charge >= 0.3 is 5.97 Å². The second-order valence-corrected chi connectivity index (χ2v) is 5.59. The molecule has 0 aromatic carbocycles. The summed E-state index contributed by atoms with van der Waals surface area (Å²) in [5.74, 6) is -0.286. The fourth-order valence-corrected chi connectivity index (χ4v) is 2.26. The molecule has 0 aliphatic carbocycles. The normalized spacial score (nSPS) is 14.2. The highest BCUT2D eigenvalue weighted by atomic mass is 16.4. The van der Waals surface area contributed by atoms with Gasteiger partial charge in [-0.3, -0.25) is 9.59 Å². The SMILES string of the molecule is CCCC(CC(=O)O)NC(=O)CC(CN)CC(C)C. The Morgan fingerprint density at radius 3 is 2.32 bits per heavy atom. The first-order valence-corrected chi connectivity index (χ1v) is 7.10. The maximum absolute atomic E-state index is 11.9. The molecule has 2 unspecified atom stereocenters. The van der Waals surface area contributed by atoms with E-state index in [9.17, 15) is 9.59 Å². The van der Waals surface area contributed by atoms with Crippen LogP contribution in [0.4, 0.5) is 0 Å². The predicted molar refractivity (Wildman–Crippen MR) is 75.7 cm³/mol. The minimum Gasteiger partial charge on any atom is -0.481 e. The zero-order valence-corrected chi connectivity index (χ0v) is 12.3. The van der Waals surface area contributed by atoms with E-state index in [1.54, 1.807) is 0 Å². The molecule has 5 nitrogen and oxygen atoms in total. The van der Waals surface area contributed by atoms with Crippen molar-refractivity contribution in [1.82, 2.24) is 5.32 Å². The molecule has 0 aliphatic heterocycles. The molecule has 5 heteroatoms. The van der Waals surface area contributed by atoms with Gasteiger partial charge in [0, 0.05) is 12.5 Å². The van der Waals surface area contributed by atoms with Crippen molar-refractivity contribution in [2.75, 3.05) is 6.54 Å². The summed E-state index contributed by atoms with van der Waals surface area (Å²) in [4.78, 5) is 22.6. The summed E-state index contributed by atoms with van der Waals surface area (Å²) < 4.78 is 0. The summed E-state index contributed by atoms with van der Waals surface area (Å²) in [5.41, 5.74) is 5.67. The third-order valence-electron chi connectivity index (χ3n) is 3.04. The van der Waals surface area contributed by atoms with Gasteiger partial charge in [-0.15, -0.1) is 0 Å². The van der Waals surface area contributed by atoms with E-state index in [0.717, 1.165) is 12.8 Å². The Morgan fingerprint density at radius 2 is 1.89 bits per heavy atom. The summed E-state index contributed by atoms with van der Waals surface area (Å²) in [6.45, 7) is 6.67. The molecule has 0 fully saturated rings. The van der Waals surface area contributed by atoms with E-state index in [4.69, 9.17) is 10.8 Å². The Balaban J connectivity index is 4.26. The summed E-state index contributed by atoms with van der Waals surface area (Å²) in [7, 11) is 0. The highest BCUT2D eigenvalue weighted by Crippen LogP contribution is 2.14. The standard InChI is InChI=1S/C14H28N2O3/c1-4-5-12(8-14(18)19)16-13(17)7-11(9-15)6-10(2)3/h10-12H,4-9,15H2,1-3H3,(H,16,17)(H,18,19). The van der Waals surface area contributed by atoms with Crippen molar-refractivity contribution >= 4 is 11.9 Å². The monoisotopic (exact) mass is 272 g/mol. The Labute approximate surface area is 115 Å². The second kappa shape index (κ2) is 9.78. The van der Waals surface area contributed by atoms with E-state index in [1.807, 2.05) is 6.92 Å². The smallest absolute Gasteiger partial charge is 0.305 e. The van der Waals surface area contributed by atoms with Gasteiger partial charge in [0.1, 0.15) is 0 Å². The first-order chi connectivity index (χ1) is 8.88. The molecule has 0 saturated heterocycles. The fourth-order valence-electron chi connectivity index (χ4n) is 2.26. The number of rotatable bonds is 10. The minimum atomic E-state index is -0.878. The van der Waals surface area contributed by atoms with Gasteiger partial charge in [0.05, 0.1) is 6.42 Å². The molecule has 1 amide bonds. The summed E-state index contributed by atoms with van der Waals surface area (Å²) in [6.07, 6.45) is 2.83. The van der Waals surface area contributed by atoms with Crippen molar-refractivity contribution in [1.29, 1.82) is 0 Å². The van der Waals surface area contributed by atoms with Gasteiger partial charge in [0.2, 0.25) is 5.91 Å². The zero-order chi connectivity index (χ0) is 14.8. The lowest BCUT2D eigenvalue weighted by molar-refractivity contribution is -0.137. The van der Waals surface area contributed by atoms with E-state index in [1.165, 1.54) is 0 Å². The van der Waals surface area contributed by atoms with E-state index in [2.05, 4.69) is 19.2 Å². The molecule has 0 spiro atoms. The van der Waals surface area contributed by atoms with Crippen LogP contribution in [0.5, 0.6) is 0 Å². The highest BCUT2D eigenvalue weighted by molar-refractivity contribution is 5.77. The molecule has 4 N–H and O–H groups in total. The van der Waals surface area contributed by atoms with Crippen molar-refractivity contribution in [2.24, 2.45) is 17.6 Å². The van der Waals surface area contributed by atoms with Crippen LogP contribution in [0, 0.1) is 11.8 Å². The van der Waals surface area contributed by atoms with Gasteiger partial charge in [-0.2, -0.15) is 0 Å². The lowest BCUT2D eigenvalue weighted by Gasteiger charge is -2.20. The summed E-state index contributed by atoms with van der Waals surface area (Å²) >= 11 is 0. The quantitative estimate of drug-likeness (QED) is 0.565. The lowest BCUT2D eigenvalue weighted by Crippen LogP contribution is -2.38. The Kier molecular flexibility index (Phi) is 9.21. The molecule has 2 atom stereocenters. The average molecular weight is 272 g/mol. The molecule has 0 radical (unpaired) electrons. The van der Waals surface area contributed by atoms with Crippen LogP contribution in [0.25, 0.3) is 0 Å². The number of hydrogen-bond acceptors (Lipinski definition) is 3. The van der Waals surface area contributed by atoms with Crippen molar-refractivity contribution in [2.45, 2.75) is 58.9 Å². The number of hydrogen-bond donors (Lipinski definition) is 3. The van der Waals surface area contributed by atoms with Crippen LogP contribution in [0.15, 0.2) is 0 Å². The number of amides is 1. The first kappa shape index (κ1) is 17.9. The molecular formula is C14H28N2O3. The third kappa shape index (κ3) is 9.47. The summed E-state index contributed by atoms with van der Waals surface area (Å²) in [6, 6.07) is -0.271. The Hall–Kier alpha value is -1.10. The molecule has 0 aliphatic rings. The molecule has 112 valence electrons. The largest absolute Gasteiger partial charge is 0.481 e. The van der Waals surface area contributed by atoms with Crippen LogP contribution in [-0.2, 0) is 9.59 Å².